The number of hydrogen-bond acceptors (Lipinski definition) is 6. The normalized spacial score (nSPS) is 13.4. The average molecular weight is 532 g/mol. The van der Waals surface area contributed by atoms with Crippen LogP contribution in [0.3, 0.4) is 0 Å². The lowest BCUT2D eigenvalue weighted by Gasteiger charge is -2.17. The van der Waals surface area contributed by atoms with E-state index in [1.165, 1.54) is 18.3 Å². The van der Waals surface area contributed by atoms with Gasteiger partial charge in [0.1, 0.15) is 19.0 Å². The first-order valence-electron chi connectivity index (χ1n) is 11.9. The van der Waals surface area contributed by atoms with Crippen LogP contribution < -0.4 is 5.32 Å². The molecule has 1 aromatic heterocycles. The lowest BCUT2D eigenvalue weighted by molar-refractivity contribution is -0.139. The van der Waals surface area contributed by atoms with Crippen molar-refractivity contribution >= 4 is 22.1 Å². The Balaban J connectivity index is 1.25. The van der Waals surface area contributed by atoms with Crippen LogP contribution in [0, 0.1) is 6.92 Å². The number of nitrogens with one attached hydrogen (secondary N) is 1. The van der Waals surface area contributed by atoms with Gasteiger partial charge in [0.15, 0.2) is 0 Å². The molecule has 38 heavy (non-hydrogen) atoms. The monoisotopic (exact) mass is 531 g/mol. The van der Waals surface area contributed by atoms with Crippen LogP contribution >= 0.6 is 0 Å². The Labute approximate surface area is 219 Å². The molecule has 5 rings (SSSR count). The standard InChI is InChI=1S/C28H25N3O6S/c1-18-10-12-20(13-11-18)38(35,36)31-15-19(29-17-31)14-26(27(32)33)30-28(34)37-16-25-23-8-4-2-6-21(23)22-7-3-5-9-24(22)25/h2-13,15,17,25-26H,14,16H2,1H3,(H,30,34)(H,32,33). The Morgan fingerprint density at radius 2 is 1.61 bits per heavy atom. The summed E-state index contributed by atoms with van der Waals surface area (Å²) < 4.78 is 32.1. The molecule has 0 bridgehead atoms. The summed E-state index contributed by atoms with van der Waals surface area (Å²) in [7, 11) is -3.89. The van der Waals surface area contributed by atoms with Gasteiger partial charge in [-0.1, -0.05) is 66.2 Å². The van der Waals surface area contributed by atoms with E-state index in [2.05, 4.69) is 10.3 Å². The highest BCUT2D eigenvalue weighted by atomic mass is 32.2. The second kappa shape index (κ2) is 10.1. The van der Waals surface area contributed by atoms with Crippen molar-refractivity contribution in [3.05, 3.63) is 108 Å². The number of fused-ring (bicyclic) bond motifs is 3. The third-order valence-electron chi connectivity index (χ3n) is 6.56. The van der Waals surface area contributed by atoms with Crippen molar-refractivity contribution in [1.82, 2.24) is 14.3 Å². The second-order valence-electron chi connectivity index (χ2n) is 9.08. The number of imidazole rings is 1. The summed E-state index contributed by atoms with van der Waals surface area (Å²) in [4.78, 5) is 28.6. The van der Waals surface area contributed by atoms with Crippen molar-refractivity contribution < 1.29 is 27.9 Å². The highest BCUT2D eigenvalue weighted by Gasteiger charge is 2.30. The molecule has 9 nitrogen and oxygen atoms in total. The molecule has 1 heterocycles. The third kappa shape index (κ3) is 4.90. The zero-order valence-electron chi connectivity index (χ0n) is 20.4. The Bertz CT molecular complexity index is 1570. The first-order chi connectivity index (χ1) is 18.2. The number of aromatic nitrogens is 2. The van der Waals surface area contributed by atoms with Gasteiger partial charge >= 0.3 is 12.1 Å². The fourth-order valence-electron chi connectivity index (χ4n) is 4.60. The van der Waals surface area contributed by atoms with Crippen LogP contribution in [0.1, 0.15) is 28.3 Å². The molecule has 194 valence electrons. The van der Waals surface area contributed by atoms with Gasteiger partial charge in [-0.15, -0.1) is 0 Å². The number of aryl methyl sites for hydroxylation is 1. The highest BCUT2D eigenvalue weighted by Crippen LogP contribution is 2.44. The summed E-state index contributed by atoms with van der Waals surface area (Å²) >= 11 is 0. The van der Waals surface area contributed by atoms with Gasteiger partial charge in [-0.05, 0) is 41.3 Å². The predicted molar refractivity (Wildman–Crippen MR) is 139 cm³/mol. The maximum atomic E-state index is 12.9. The Kier molecular flexibility index (Phi) is 6.73. The molecule has 4 aromatic rings. The summed E-state index contributed by atoms with van der Waals surface area (Å²) in [5, 5.41) is 12.0. The number of carbonyl (C=O) groups excluding carboxylic acids is 1. The number of carboxylic acid groups (broad SMARTS) is 1. The first-order valence-corrected chi connectivity index (χ1v) is 13.4. The SMILES string of the molecule is Cc1ccc(S(=O)(=O)n2cnc(CC(NC(=O)OCC3c4ccccc4-c4ccccc43)C(=O)O)c2)cc1. The molecule has 0 fully saturated rings. The second-order valence-corrected chi connectivity index (χ2v) is 10.9. The zero-order chi connectivity index (χ0) is 26.9. The van der Waals surface area contributed by atoms with Crippen molar-refractivity contribution in [2.45, 2.75) is 30.2 Å². The Morgan fingerprint density at radius 3 is 2.21 bits per heavy atom. The number of benzene rings is 3. The Hall–Kier alpha value is -4.44. The van der Waals surface area contributed by atoms with Crippen molar-refractivity contribution in [3.63, 3.8) is 0 Å². The number of aliphatic carboxylic acids is 1. The maximum Gasteiger partial charge on any atom is 0.407 e. The smallest absolute Gasteiger partial charge is 0.407 e. The van der Waals surface area contributed by atoms with E-state index >= 15 is 0 Å². The van der Waals surface area contributed by atoms with Crippen molar-refractivity contribution in [2.75, 3.05) is 6.61 Å². The first kappa shape index (κ1) is 25.2. The molecule has 0 spiro atoms. The number of amides is 1. The summed E-state index contributed by atoms with van der Waals surface area (Å²) in [5.74, 6) is -1.46. The van der Waals surface area contributed by atoms with Crippen LogP contribution in [0.25, 0.3) is 11.1 Å². The largest absolute Gasteiger partial charge is 0.480 e. The summed E-state index contributed by atoms with van der Waals surface area (Å²) in [6, 6.07) is 20.8. The van der Waals surface area contributed by atoms with Crippen LogP contribution in [-0.4, -0.2) is 47.2 Å². The predicted octanol–water partition coefficient (Wildman–Crippen LogP) is 3.96. The molecule has 1 unspecified atom stereocenters. The number of ether oxygens (including phenoxy) is 1. The molecule has 0 saturated carbocycles. The molecule has 1 atom stereocenters. The molecular formula is C28H25N3O6S. The Morgan fingerprint density at radius 1 is 1.00 bits per heavy atom. The number of nitrogens with zero attached hydrogens (tertiary/aromatic N) is 2. The van der Waals surface area contributed by atoms with E-state index < -0.39 is 28.1 Å². The molecule has 3 aromatic carbocycles. The number of carbonyl (C=O) groups is 2. The van der Waals surface area contributed by atoms with Crippen molar-refractivity contribution in [3.8, 4) is 11.1 Å². The topological polar surface area (TPSA) is 128 Å². The van der Waals surface area contributed by atoms with Gasteiger partial charge < -0.3 is 15.2 Å². The van der Waals surface area contributed by atoms with E-state index in [4.69, 9.17) is 4.74 Å². The zero-order valence-corrected chi connectivity index (χ0v) is 21.3. The van der Waals surface area contributed by atoms with Gasteiger partial charge in [-0.3, -0.25) is 0 Å². The van der Waals surface area contributed by atoms with Crippen LogP contribution in [-0.2, 0) is 26.0 Å². The minimum atomic E-state index is -3.89. The molecule has 0 aliphatic heterocycles. The lowest BCUT2D eigenvalue weighted by atomic mass is 9.98. The molecule has 1 aliphatic carbocycles. The number of rotatable bonds is 8. The van der Waals surface area contributed by atoms with Crippen molar-refractivity contribution in [2.24, 2.45) is 0 Å². The number of alkyl carbamates (subject to hydrolysis) is 1. The third-order valence-corrected chi connectivity index (χ3v) is 8.18. The number of hydrogen-bond donors (Lipinski definition) is 2. The molecule has 1 amide bonds. The highest BCUT2D eigenvalue weighted by molar-refractivity contribution is 7.90. The van der Waals surface area contributed by atoms with Gasteiger partial charge in [0.25, 0.3) is 10.0 Å². The van der Waals surface area contributed by atoms with Crippen LogP contribution in [0.5, 0.6) is 0 Å². The van der Waals surface area contributed by atoms with E-state index in [-0.39, 0.29) is 29.5 Å². The quantitative estimate of drug-likeness (QED) is 0.352. The minimum Gasteiger partial charge on any atom is -0.480 e. The summed E-state index contributed by atoms with van der Waals surface area (Å²) in [5.41, 5.74) is 5.34. The average Bonchev–Trinajstić information content (AvgIpc) is 3.51. The lowest BCUT2D eigenvalue weighted by Crippen LogP contribution is -2.43. The maximum absolute atomic E-state index is 12.9. The summed E-state index contributed by atoms with van der Waals surface area (Å²) in [6.45, 7) is 1.89. The molecule has 1 aliphatic rings. The van der Waals surface area contributed by atoms with Crippen LogP contribution in [0.4, 0.5) is 4.79 Å². The molecule has 10 heteroatoms. The van der Waals surface area contributed by atoms with E-state index in [1.807, 2.05) is 55.5 Å². The molecule has 0 saturated heterocycles. The molecular weight excluding hydrogens is 506 g/mol. The van der Waals surface area contributed by atoms with Gasteiger partial charge in [-0.2, -0.15) is 0 Å². The number of carboxylic acids is 1. The van der Waals surface area contributed by atoms with E-state index in [9.17, 15) is 23.1 Å². The summed E-state index contributed by atoms with van der Waals surface area (Å²) in [6.07, 6.45) is 1.24. The van der Waals surface area contributed by atoms with Gasteiger partial charge in [-0.25, -0.2) is 27.0 Å². The van der Waals surface area contributed by atoms with Crippen LogP contribution in [0.15, 0.2) is 90.2 Å². The fourth-order valence-corrected chi connectivity index (χ4v) is 5.76. The molecule has 2 N–H and O–H groups in total. The van der Waals surface area contributed by atoms with E-state index in [0.717, 1.165) is 38.1 Å². The van der Waals surface area contributed by atoms with Gasteiger partial charge in [0.2, 0.25) is 0 Å². The van der Waals surface area contributed by atoms with Gasteiger partial charge in [0.05, 0.1) is 10.6 Å². The van der Waals surface area contributed by atoms with Crippen molar-refractivity contribution in [1.29, 1.82) is 0 Å². The molecule has 0 radical (unpaired) electrons. The van der Waals surface area contributed by atoms with E-state index in [0.29, 0.717) is 0 Å². The van der Waals surface area contributed by atoms with Gasteiger partial charge in [0, 0.05) is 18.5 Å². The van der Waals surface area contributed by atoms with E-state index in [1.54, 1.807) is 12.1 Å². The fraction of sp³-hybridized carbons (Fsp3) is 0.179. The minimum absolute atomic E-state index is 0.0373. The van der Waals surface area contributed by atoms with Crippen LogP contribution in [0.2, 0.25) is 0 Å².